The van der Waals surface area contributed by atoms with Crippen molar-refractivity contribution in [3.63, 3.8) is 0 Å². The molecule has 4 heterocycles. The van der Waals surface area contributed by atoms with E-state index in [1.807, 2.05) is 72.0 Å². The van der Waals surface area contributed by atoms with Crippen molar-refractivity contribution in [3.8, 4) is 17.2 Å². The highest BCUT2D eigenvalue weighted by Crippen LogP contribution is 2.44. The number of fused-ring (bicyclic) bond motifs is 4. The van der Waals surface area contributed by atoms with Gasteiger partial charge in [0.05, 0.1) is 39.5 Å². The quantitative estimate of drug-likeness (QED) is 0.263. The number of hydrogen-bond acceptors (Lipinski definition) is 8. The van der Waals surface area contributed by atoms with Crippen LogP contribution in [0, 0.1) is 6.92 Å². The molecule has 1 spiro atoms. The van der Waals surface area contributed by atoms with Crippen LogP contribution in [-0.2, 0) is 11.8 Å². The number of carbonyl (C=O) groups excluding carboxylic acids is 1. The standard InChI is InChI=1S/C32H31N7O3/c1-4-28(40)39-13-11-32(12-14-39)17-41-30-24(37-32)8-7-23-29(30)31(34-18-33-23)36-21-5-10-27(20(2)15-21)42-22-6-9-26-25(16-22)35-19-38(26)3/h4-10,15-16,18-19,37H,1,11-14,17H2,2-3H3,(H,33,34,36). The van der Waals surface area contributed by atoms with Crippen molar-refractivity contribution in [1.29, 1.82) is 0 Å². The van der Waals surface area contributed by atoms with E-state index in [1.165, 1.54) is 6.08 Å². The summed E-state index contributed by atoms with van der Waals surface area (Å²) in [5.74, 6) is 2.86. The first-order valence-electron chi connectivity index (χ1n) is 14.0. The molecule has 0 bridgehead atoms. The van der Waals surface area contributed by atoms with Crippen LogP contribution in [0.25, 0.3) is 21.9 Å². The molecule has 10 nitrogen and oxygen atoms in total. The number of anilines is 3. The lowest BCUT2D eigenvalue weighted by molar-refractivity contribution is -0.127. The maximum absolute atomic E-state index is 12.1. The van der Waals surface area contributed by atoms with E-state index in [-0.39, 0.29) is 11.4 Å². The van der Waals surface area contributed by atoms with Gasteiger partial charge in [-0.05, 0) is 73.9 Å². The number of nitrogens with one attached hydrogen (secondary N) is 2. The number of rotatable bonds is 5. The van der Waals surface area contributed by atoms with Gasteiger partial charge < -0.3 is 29.6 Å². The number of likely N-dealkylation sites (tertiary alicyclic amines) is 1. The molecule has 2 N–H and O–H groups in total. The maximum atomic E-state index is 12.1. The van der Waals surface area contributed by atoms with E-state index in [2.05, 4.69) is 32.2 Å². The van der Waals surface area contributed by atoms with Gasteiger partial charge in [0.15, 0.2) is 5.75 Å². The lowest BCUT2D eigenvalue weighted by Crippen LogP contribution is -2.55. The number of hydrogen-bond donors (Lipinski definition) is 2. The summed E-state index contributed by atoms with van der Waals surface area (Å²) in [6.45, 7) is 7.45. The minimum atomic E-state index is -0.226. The van der Waals surface area contributed by atoms with E-state index in [4.69, 9.17) is 9.47 Å². The Hall–Kier alpha value is -5.12. The maximum Gasteiger partial charge on any atom is 0.245 e. The number of piperidine rings is 1. The molecule has 2 aliphatic heterocycles. The van der Waals surface area contributed by atoms with E-state index in [0.29, 0.717) is 25.5 Å². The van der Waals surface area contributed by atoms with Crippen molar-refractivity contribution in [2.75, 3.05) is 30.3 Å². The van der Waals surface area contributed by atoms with Gasteiger partial charge in [0, 0.05) is 31.9 Å². The fraction of sp³-hybridized carbons (Fsp3) is 0.250. The van der Waals surface area contributed by atoms with Crippen molar-refractivity contribution < 1.29 is 14.3 Å². The Kier molecular flexibility index (Phi) is 6.18. The van der Waals surface area contributed by atoms with Crippen LogP contribution < -0.4 is 20.1 Å². The lowest BCUT2D eigenvalue weighted by atomic mass is 9.86. The first-order valence-corrected chi connectivity index (χ1v) is 14.0. The molecule has 1 fully saturated rings. The summed E-state index contributed by atoms with van der Waals surface area (Å²) in [4.78, 5) is 27.4. The molecule has 7 rings (SSSR count). The Morgan fingerprint density at radius 3 is 2.76 bits per heavy atom. The molecule has 5 aromatic rings. The fourth-order valence-corrected chi connectivity index (χ4v) is 5.84. The minimum Gasteiger partial charge on any atom is -0.488 e. The summed E-state index contributed by atoms with van der Waals surface area (Å²) in [5, 5.41) is 8.02. The normalized spacial score (nSPS) is 15.6. The smallest absolute Gasteiger partial charge is 0.245 e. The highest BCUT2D eigenvalue weighted by Gasteiger charge is 2.40. The number of benzene rings is 3. The summed E-state index contributed by atoms with van der Waals surface area (Å²) in [7, 11) is 1.97. The summed E-state index contributed by atoms with van der Waals surface area (Å²) in [6, 6.07) is 15.8. The van der Waals surface area contributed by atoms with Crippen LogP contribution in [0.3, 0.4) is 0 Å². The van der Waals surface area contributed by atoms with Crippen LogP contribution in [0.5, 0.6) is 17.2 Å². The zero-order chi connectivity index (χ0) is 28.8. The molecule has 3 aromatic carbocycles. The third kappa shape index (κ3) is 4.54. The Morgan fingerprint density at radius 2 is 1.95 bits per heavy atom. The molecule has 1 amide bonds. The van der Waals surface area contributed by atoms with E-state index >= 15 is 0 Å². The second-order valence-electron chi connectivity index (χ2n) is 11.0. The van der Waals surface area contributed by atoms with Crippen LogP contribution in [0.2, 0.25) is 0 Å². The Balaban J connectivity index is 1.12. The fourth-order valence-electron chi connectivity index (χ4n) is 5.84. The van der Waals surface area contributed by atoms with Crippen LogP contribution in [0.4, 0.5) is 17.2 Å². The van der Waals surface area contributed by atoms with Gasteiger partial charge in [-0.15, -0.1) is 0 Å². The minimum absolute atomic E-state index is 0.0262. The average Bonchev–Trinajstić information content (AvgIpc) is 3.38. The largest absolute Gasteiger partial charge is 0.488 e. The zero-order valence-corrected chi connectivity index (χ0v) is 23.6. The van der Waals surface area contributed by atoms with E-state index < -0.39 is 0 Å². The zero-order valence-electron chi connectivity index (χ0n) is 23.6. The van der Waals surface area contributed by atoms with Gasteiger partial charge in [-0.3, -0.25) is 4.79 Å². The summed E-state index contributed by atoms with van der Waals surface area (Å²) in [6.07, 6.45) is 6.32. The lowest BCUT2D eigenvalue weighted by Gasteiger charge is -2.45. The third-order valence-electron chi connectivity index (χ3n) is 8.22. The van der Waals surface area contributed by atoms with E-state index in [0.717, 1.165) is 69.0 Å². The molecule has 42 heavy (non-hydrogen) atoms. The molecule has 2 aliphatic rings. The highest BCUT2D eigenvalue weighted by molar-refractivity contribution is 6.00. The first-order chi connectivity index (χ1) is 20.4. The first kappa shape index (κ1) is 25.8. The van der Waals surface area contributed by atoms with Gasteiger partial charge in [0.2, 0.25) is 5.91 Å². The molecule has 0 aliphatic carbocycles. The van der Waals surface area contributed by atoms with Crippen LogP contribution in [0.15, 0.2) is 73.8 Å². The topological polar surface area (TPSA) is 106 Å². The Bertz CT molecular complexity index is 1860. The van der Waals surface area contributed by atoms with E-state index in [1.54, 1.807) is 12.7 Å². The predicted molar refractivity (Wildman–Crippen MR) is 163 cm³/mol. The van der Waals surface area contributed by atoms with Crippen molar-refractivity contribution in [1.82, 2.24) is 24.4 Å². The van der Waals surface area contributed by atoms with Crippen LogP contribution in [0.1, 0.15) is 18.4 Å². The van der Waals surface area contributed by atoms with Crippen molar-refractivity contribution >= 4 is 45.0 Å². The predicted octanol–water partition coefficient (Wildman–Crippen LogP) is 5.71. The molecular weight excluding hydrogens is 530 g/mol. The summed E-state index contributed by atoms with van der Waals surface area (Å²) in [5.41, 5.74) is 5.26. The monoisotopic (exact) mass is 561 g/mol. The number of nitrogens with zero attached hydrogens (tertiary/aromatic N) is 5. The summed E-state index contributed by atoms with van der Waals surface area (Å²) >= 11 is 0. The third-order valence-corrected chi connectivity index (χ3v) is 8.22. The molecule has 0 atom stereocenters. The van der Waals surface area contributed by atoms with Gasteiger partial charge in [0.25, 0.3) is 0 Å². The second kappa shape index (κ2) is 10.1. The van der Waals surface area contributed by atoms with Crippen LogP contribution in [-0.4, -0.2) is 55.6 Å². The van der Waals surface area contributed by atoms with Gasteiger partial charge >= 0.3 is 0 Å². The average molecular weight is 562 g/mol. The van der Waals surface area contributed by atoms with E-state index in [9.17, 15) is 4.79 Å². The molecule has 0 unspecified atom stereocenters. The number of aromatic nitrogens is 4. The van der Waals surface area contributed by atoms with Crippen molar-refractivity contribution in [2.45, 2.75) is 25.3 Å². The number of aryl methyl sites for hydroxylation is 2. The van der Waals surface area contributed by atoms with Gasteiger partial charge in [-0.25, -0.2) is 15.0 Å². The molecule has 2 aromatic heterocycles. The van der Waals surface area contributed by atoms with Crippen molar-refractivity contribution in [3.05, 3.63) is 79.4 Å². The molecule has 0 saturated carbocycles. The second-order valence-corrected chi connectivity index (χ2v) is 11.0. The Morgan fingerprint density at radius 1 is 1.10 bits per heavy atom. The molecule has 10 heteroatoms. The molecular formula is C32H31N7O3. The number of ether oxygens (including phenoxy) is 2. The highest BCUT2D eigenvalue weighted by atomic mass is 16.5. The van der Waals surface area contributed by atoms with Crippen LogP contribution >= 0.6 is 0 Å². The summed E-state index contributed by atoms with van der Waals surface area (Å²) < 4.78 is 14.6. The van der Waals surface area contributed by atoms with Gasteiger partial charge in [0.1, 0.15) is 30.3 Å². The van der Waals surface area contributed by atoms with Gasteiger partial charge in [-0.1, -0.05) is 6.58 Å². The molecule has 0 radical (unpaired) electrons. The number of amides is 1. The Labute approximate surface area is 243 Å². The molecule has 212 valence electrons. The number of carbonyl (C=O) groups is 1. The van der Waals surface area contributed by atoms with Crippen molar-refractivity contribution in [2.24, 2.45) is 7.05 Å². The SMILES string of the molecule is C=CC(=O)N1CCC2(CC1)COc1c(ccc3ncnc(Nc4ccc(Oc5ccc6c(c5)ncn6C)c(C)c4)c13)N2. The molecule has 1 saturated heterocycles. The van der Waals surface area contributed by atoms with Gasteiger partial charge in [-0.2, -0.15) is 0 Å². The number of imidazole rings is 1.